The van der Waals surface area contributed by atoms with Gasteiger partial charge in [0.15, 0.2) is 5.96 Å². The Morgan fingerprint density at radius 2 is 1.35 bits per heavy atom. The molecule has 2 rings (SSSR count). The van der Waals surface area contributed by atoms with E-state index in [1.165, 1.54) is 24.3 Å². The number of guanidine groups is 1. The number of phenolic OH excluding ortho intramolecular Hbond substituents is 2. The highest BCUT2D eigenvalue weighted by molar-refractivity contribution is 5.92. The summed E-state index contributed by atoms with van der Waals surface area (Å²) in [6.45, 7) is -0.313. The van der Waals surface area contributed by atoms with Crippen LogP contribution in [0.3, 0.4) is 0 Å². The standard InChI is InChI=1S/C26H35N7O7/c27-19(12-15-3-7-17(34)8-4-15)23(37)31-14-22(36)32-21(13-16-5-9-18(35)10-6-16)24(38)33-20(25(39)40)2-1-11-30-26(28)29/h3-10,19-21,34-35H,1-2,11-14,27H2,(H,31,37)(H,32,36)(H,33,38)(H,39,40)(H4,28,29,30). The molecule has 216 valence electrons. The molecule has 0 aromatic heterocycles. The third-order valence-corrected chi connectivity index (χ3v) is 5.74. The number of nitrogens with zero attached hydrogens (tertiary/aromatic N) is 1. The number of carbonyl (C=O) groups excluding carboxylic acids is 3. The zero-order valence-electron chi connectivity index (χ0n) is 21.7. The number of aliphatic carboxylic acids is 1. The lowest BCUT2D eigenvalue weighted by Gasteiger charge is -2.22. The van der Waals surface area contributed by atoms with Crippen molar-refractivity contribution in [1.82, 2.24) is 16.0 Å². The molecule has 0 aliphatic heterocycles. The van der Waals surface area contributed by atoms with E-state index in [0.29, 0.717) is 11.1 Å². The molecule has 0 saturated carbocycles. The van der Waals surface area contributed by atoms with Crippen LogP contribution >= 0.6 is 0 Å². The van der Waals surface area contributed by atoms with Crippen molar-refractivity contribution in [3.05, 3.63) is 59.7 Å². The number of nitrogens with one attached hydrogen (secondary N) is 3. The minimum absolute atomic E-state index is 0.00635. The number of aliphatic imine (C=N–C) groups is 1. The molecule has 0 radical (unpaired) electrons. The summed E-state index contributed by atoms with van der Waals surface area (Å²) in [4.78, 5) is 53.6. The topological polar surface area (TPSA) is 255 Å². The number of aromatic hydroxyl groups is 2. The second-order valence-corrected chi connectivity index (χ2v) is 9.03. The van der Waals surface area contributed by atoms with E-state index in [9.17, 15) is 34.5 Å². The molecule has 0 heterocycles. The molecule has 3 atom stereocenters. The quantitative estimate of drug-likeness (QED) is 0.0690. The van der Waals surface area contributed by atoms with Crippen molar-refractivity contribution >= 4 is 29.7 Å². The van der Waals surface area contributed by atoms with Crippen LogP contribution in [-0.4, -0.2) is 76.2 Å². The third-order valence-electron chi connectivity index (χ3n) is 5.74. The van der Waals surface area contributed by atoms with Crippen LogP contribution in [0.15, 0.2) is 53.5 Å². The highest BCUT2D eigenvalue weighted by Gasteiger charge is 2.27. The van der Waals surface area contributed by atoms with Gasteiger partial charge in [0.1, 0.15) is 23.6 Å². The van der Waals surface area contributed by atoms with Gasteiger partial charge in [0.25, 0.3) is 0 Å². The van der Waals surface area contributed by atoms with Crippen LogP contribution in [-0.2, 0) is 32.0 Å². The lowest BCUT2D eigenvalue weighted by molar-refractivity contribution is -0.142. The van der Waals surface area contributed by atoms with E-state index in [1.54, 1.807) is 24.3 Å². The molecule has 0 bridgehead atoms. The van der Waals surface area contributed by atoms with E-state index < -0.39 is 48.4 Å². The number of rotatable bonds is 15. The number of carbonyl (C=O) groups is 4. The molecular weight excluding hydrogens is 522 g/mol. The SMILES string of the molecule is NC(N)=NCCCC(NC(=O)C(Cc1ccc(O)cc1)NC(=O)CNC(=O)C(N)Cc1ccc(O)cc1)C(=O)O. The number of benzene rings is 2. The zero-order valence-corrected chi connectivity index (χ0v) is 21.7. The van der Waals surface area contributed by atoms with Crippen LogP contribution in [0.2, 0.25) is 0 Å². The van der Waals surface area contributed by atoms with Crippen LogP contribution in [0.5, 0.6) is 11.5 Å². The normalized spacial score (nSPS) is 12.8. The summed E-state index contributed by atoms with van der Waals surface area (Å²) < 4.78 is 0. The van der Waals surface area contributed by atoms with Crippen molar-refractivity contribution in [2.45, 2.75) is 43.8 Å². The molecule has 0 aliphatic rings. The minimum atomic E-state index is -1.28. The first-order chi connectivity index (χ1) is 18.9. The molecule has 2 aromatic rings. The van der Waals surface area contributed by atoms with Crippen LogP contribution in [0, 0.1) is 0 Å². The van der Waals surface area contributed by atoms with E-state index in [1.807, 2.05) is 0 Å². The Kier molecular flexibility index (Phi) is 12.2. The van der Waals surface area contributed by atoms with Gasteiger partial charge in [0.2, 0.25) is 17.7 Å². The fourth-order valence-electron chi connectivity index (χ4n) is 3.63. The maximum atomic E-state index is 13.0. The second-order valence-electron chi connectivity index (χ2n) is 9.03. The lowest BCUT2D eigenvalue weighted by atomic mass is 10.0. The van der Waals surface area contributed by atoms with Gasteiger partial charge in [0, 0.05) is 13.0 Å². The highest BCUT2D eigenvalue weighted by atomic mass is 16.4. The van der Waals surface area contributed by atoms with Gasteiger partial charge >= 0.3 is 5.97 Å². The first kappa shape index (κ1) is 31.4. The van der Waals surface area contributed by atoms with E-state index in [-0.39, 0.29) is 49.7 Å². The summed E-state index contributed by atoms with van der Waals surface area (Å²) >= 11 is 0. The van der Waals surface area contributed by atoms with Gasteiger partial charge in [-0.15, -0.1) is 0 Å². The van der Waals surface area contributed by atoms with Crippen LogP contribution in [0.25, 0.3) is 0 Å². The summed E-state index contributed by atoms with van der Waals surface area (Å²) in [5.41, 5.74) is 17.7. The number of amides is 3. The Balaban J connectivity index is 2.01. The summed E-state index contributed by atoms with van der Waals surface area (Å²) in [5, 5.41) is 35.8. The zero-order chi connectivity index (χ0) is 29.7. The Hall–Kier alpha value is -4.85. The highest BCUT2D eigenvalue weighted by Crippen LogP contribution is 2.13. The van der Waals surface area contributed by atoms with E-state index in [4.69, 9.17) is 17.2 Å². The van der Waals surface area contributed by atoms with Crippen molar-refractivity contribution in [3.63, 3.8) is 0 Å². The first-order valence-corrected chi connectivity index (χ1v) is 12.4. The smallest absolute Gasteiger partial charge is 0.326 e. The van der Waals surface area contributed by atoms with E-state index in [0.717, 1.165) is 0 Å². The molecule has 0 saturated heterocycles. The Bertz CT molecular complexity index is 1180. The molecule has 2 aromatic carbocycles. The van der Waals surface area contributed by atoms with Crippen molar-refractivity contribution in [3.8, 4) is 11.5 Å². The predicted molar refractivity (Wildman–Crippen MR) is 146 cm³/mol. The van der Waals surface area contributed by atoms with Gasteiger partial charge < -0.3 is 48.5 Å². The molecule has 12 N–H and O–H groups in total. The lowest BCUT2D eigenvalue weighted by Crippen LogP contribution is -2.54. The van der Waals surface area contributed by atoms with Crippen LogP contribution < -0.4 is 33.2 Å². The molecule has 3 unspecified atom stereocenters. The average Bonchev–Trinajstić information content (AvgIpc) is 2.90. The van der Waals surface area contributed by atoms with E-state index >= 15 is 0 Å². The first-order valence-electron chi connectivity index (χ1n) is 12.4. The van der Waals surface area contributed by atoms with Crippen LogP contribution in [0.4, 0.5) is 0 Å². The molecule has 0 spiro atoms. The molecule has 14 heteroatoms. The fourth-order valence-corrected chi connectivity index (χ4v) is 3.63. The monoisotopic (exact) mass is 557 g/mol. The summed E-state index contributed by atoms with van der Waals surface area (Å²) in [6, 6.07) is 8.65. The molecule has 3 amide bonds. The summed E-state index contributed by atoms with van der Waals surface area (Å²) in [6.07, 6.45) is 0.457. The van der Waals surface area contributed by atoms with Crippen molar-refractivity contribution < 1.29 is 34.5 Å². The number of phenols is 2. The number of carboxylic acid groups (broad SMARTS) is 1. The van der Waals surface area contributed by atoms with Crippen molar-refractivity contribution in [1.29, 1.82) is 0 Å². The Morgan fingerprint density at radius 1 is 0.800 bits per heavy atom. The predicted octanol–water partition coefficient (Wildman–Crippen LogP) is -1.57. The maximum Gasteiger partial charge on any atom is 0.326 e. The minimum Gasteiger partial charge on any atom is -0.508 e. The van der Waals surface area contributed by atoms with Gasteiger partial charge in [0.05, 0.1) is 12.6 Å². The summed E-state index contributed by atoms with van der Waals surface area (Å²) in [7, 11) is 0. The van der Waals surface area contributed by atoms with Gasteiger partial charge in [-0.3, -0.25) is 19.4 Å². The molecule has 0 aliphatic carbocycles. The second kappa shape index (κ2) is 15.5. The number of hydrogen-bond donors (Lipinski definition) is 9. The number of hydrogen-bond acceptors (Lipinski definition) is 8. The molecule has 14 nitrogen and oxygen atoms in total. The van der Waals surface area contributed by atoms with Crippen molar-refractivity contribution in [2.24, 2.45) is 22.2 Å². The molecule has 0 fully saturated rings. The van der Waals surface area contributed by atoms with Crippen LogP contribution in [0.1, 0.15) is 24.0 Å². The fraction of sp³-hybridized carbons (Fsp3) is 0.346. The largest absolute Gasteiger partial charge is 0.508 e. The van der Waals surface area contributed by atoms with Crippen molar-refractivity contribution in [2.75, 3.05) is 13.1 Å². The Labute approximate surface area is 230 Å². The average molecular weight is 558 g/mol. The molecular formula is C26H35N7O7. The molecule has 40 heavy (non-hydrogen) atoms. The summed E-state index contributed by atoms with van der Waals surface area (Å²) in [5.74, 6) is -3.40. The van der Waals surface area contributed by atoms with Gasteiger partial charge in [-0.05, 0) is 54.7 Å². The Morgan fingerprint density at radius 3 is 1.88 bits per heavy atom. The van der Waals surface area contributed by atoms with Gasteiger partial charge in [-0.2, -0.15) is 0 Å². The van der Waals surface area contributed by atoms with Gasteiger partial charge in [-0.25, -0.2) is 4.79 Å². The maximum absolute atomic E-state index is 13.0. The third kappa shape index (κ3) is 11.3. The van der Waals surface area contributed by atoms with E-state index in [2.05, 4.69) is 20.9 Å². The number of nitrogens with two attached hydrogens (primary N) is 3. The number of carboxylic acids is 1. The van der Waals surface area contributed by atoms with Gasteiger partial charge in [-0.1, -0.05) is 24.3 Å².